The number of nitrogens with zero attached hydrogens (tertiary/aromatic N) is 2. The minimum Gasteiger partial charge on any atom is -0.321 e. The van der Waals surface area contributed by atoms with Crippen molar-refractivity contribution in [2.75, 3.05) is 5.32 Å². The number of halogens is 1. The zero-order chi connectivity index (χ0) is 18.8. The molecule has 0 aliphatic rings. The molecular formula is C21H16FN3OS. The molecule has 0 aliphatic heterocycles. The van der Waals surface area contributed by atoms with Gasteiger partial charge in [-0.15, -0.1) is 11.3 Å². The van der Waals surface area contributed by atoms with E-state index in [-0.39, 0.29) is 11.7 Å². The molecule has 6 heteroatoms. The zero-order valence-electron chi connectivity index (χ0n) is 14.5. The van der Waals surface area contributed by atoms with Crippen molar-refractivity contribution in [3.05, 3.63) is 89.2 Å². The maximum Gasteiger partial charge on any atom is 0.274 e. The van der Waals surface area contributed by atoms with Crippen LogP contribution in [-0.2, 0) is 0 Å². The van der Waals surface area contributed by atoms with Crippen molar-refractivity contribution in [1.29, 1.82) is 0 Å². The number of aryl methyl sites for hydroxylation is 1. The Bertz CT molecular complexity index is 1070. The van der Waals surface area contributed by atoms with Crippen LogP contribution in [0.15, 0.2) is 72.1 Å². The van der Waals surface area contributed by atoms with Gasteiger partial charge in [0.15, 0.2) is 0 Å². The molecule has 1 amide bonds. The minimum atomic E-state index is -0.338. The smallest absolute Gasteiger partial charge is 0.274 e. The van der Waals surface area contributed by atoms with E-state index in [4.69, 9.17) is 0 Å². The van der Waals surface area contributed by atoms with Crippen LogP contribution in [0.4, 0.5) is 10.1 Å². The Balaban J connectivity index is 1.74. The second kappa shape index (κ2) is 7.17. The van der Waals surface area contributed by atoms with Gasteiger partial charge in [0, 0.05) is 5.69 Å². The molecule has 0 radical (unpaired) electrons. The van der Waals surface area contributed by atoms with E-state index in [9.17, 15) is 9.18 Å². The Labute approximate surface area is 159 Å². The number of aromatic nitrogens is 2. The molecule has 0 saturated heterocycles. The molecule has 4 aromatic rings. The summed E-state index contributed by atoms with van der Waals surface area (Å²) in [4.78, 5) is 13.9. The maximum atomic E-state index is 13.3. The third-order valence-electron chi connectivity index (χ3n) is 4.10. The number of benzene rings is 2. The lowest BCUT2D eigenvalue weighted by Crippen LogP contribution is -2.17. The molecule has 0 bridgehead atoms. The van der Waals surface area contributed by atoms with Gasteiger partial charge in [-0.1, -0.05) is 23.8 Å². The van der Waals surface area contributed by atoms with Crippen LogP contribution in [0, 0.1) is 12.7 Å². The number of hydrogen-bond acceptors (Lipinski definition) is 3. The van der Waals surface area contributed by atoms with Crippen LogP contribution < -0.4 is 5.32 Å². The van der Waals surface area contributed by atoms with Gasteiger partial charge in [0.2, 0.25) is 0 Å². The molecule has 0 spiro atoms. The summed E-state index contributed by atoms with van der Waals surface area (Å²) in [5, 5.41) is 9.42. The number of anilines is 1. The third kappa shape index (κ3) is 3.66. The lowest BCUT2D eigenvalue weighted by molar-refractivity contribution is 0.101. The SMILES string of the molecule is Cc1ccc(NC(=O)c2cc(-c3cccs3)nn2-c2ccc(F)cc2)cc1. The summed E-state index contributed by atoms with van der Waals surface area (Å²) in [5.74, 6) is -0.617. The van der Waals surface area contributed by atoms with Gasteiger partial charge >= 0.3 is 0 Å². The van der Waals surface area contributed by atoms with Gasteiger partial charge in [-0.05, 0) is 60.8 Å². The summed E-state index contributed by atoms with van der Waals surface area (Å²) in [6, 6.07) is 19.1. The fraction of sp³-hybridized carbons (Fsp3) is 0.0476. The minimum absolute atomic E-state index is 0.279. The molecule has 0 atom stereocenters. The molecule has 4 nitrogen and oxygen atoms in total. The van der Waals surface area contributed by atoms with Crippen LogP contribution in [-0.4, -0.2) is 15.7 Å². The Kier molecular flexibility index (Phi) is 4.56. The predicted octanol–water partition coefficient (Wildman–Crippen LogP) is 5.30. The lowest BCUT2D eigenvalue weighted by Gasteiger charge is -2.08. The standard InChI is InChI=1S/C21H16FN3OS/c1-14-4-8-16(9-5-14)23-21(26)19-13-18(20-3-2-12-27-20)24-25(19)17-10-6-15(22)7-11-17/h2-13H,1H3,(H,23,26). The van der Waals surface area contributed by atoms with Crippen LogP contribution in [0.1, 0.15) is 16.1 Å². The summed E-state index contributed by atoms with van der Waals surface area (Å²) < 4.78 is 14.8. The van der Waals surface area contributed by atoms with Gasteiger partial charge in [-0.25, -0.2) is 9.07 Å². The number of carbonyl (C=O) groups excluding carboxylic acids is 1. The molecule has 0 saturated carbocycles. The second-order valence-electron chi connectivity index (χ2n) is 6.10. The number of rotatable bonds is 4. The van der Waals surface area contributed by atoms with Gasteiger partial charge in [-0.2, -0.15) is 5.10 Å². The Morgan fingerprint density at radius 2 is 1.81 bits per heavy atom. The maximum absolute atomic E-state index is 13.3. The Morgan fingerprint density at radius 1 is 1.07 bits per heavy atom. The van der Waals surface area contributed by atoms with Crippen LogP contribution in [0.2, 0.25) is 0 Å². The summed E-state index contributed by atoms with van der Waals surface area (Å²) in [5.41, 5.74) is 3.52. The van der Waals surface area contributed by atoms with Crippen LogP contribution in [0.25, 0.3) is 16.3 Å². The van der Waals surface area contributed by atoms with Crippen LogP contribution >= 0.6 is 11.3 Å². The van der Waals surface area contributed by atoms with E-state index in [2.05, 4.69) is 10.4 Å². The van der Waals surface area contributed by atoms with Crippen LogP contribution in [0.3, 0.4) is 0 Å². The fourth-order valence-electron chi connectivity index (χ4n) is 2.70. The van der Waals surface area contributed by atoms with Gasteiger partial charge in [-0.3, -0.25) is 4.79 Å². The summed E-state index contributed by atoms with van der Waals surface area (Å²) in [7, 11) is 0. The van der Waals surface area contributed by atoms with E-state index in [1.54, 1.807) is 29.5 Å². The van der Waals surface area contributed by atoms with Crippen LogP contribution in [0.5, 0.6) is 0 Å². The first-order valence-corrected chi connectivity index (χ1v) is 9.26. The predicted molar refractivity (Wildman–Crippen MR) is 106 cm³/mol. The number of carbonyl (C=O) groups is 1. The van der Waals surface area contributed by atoms with E-state index >= 15 is 0 Å². The topological polar surface area (TPSA) is 46.9 Å². The summed E-state index contributed by atoms with van der Waals surface area (Å²) in [6.45, 7) is 1.99. The second-order valence-corrected chi connectivity index (χ2v) is 7.05. The normalized spacial score (nSPS) is 10.7. The average molecular weight is 377 g/mol. The van der Waals surface area contributed by atoms with Gasteiger partial charge in [0.1, 0.15) is 17.2 Å². The lowest BCUT2D eigenvalue weighted by atomic mass is 10.2. The van der Waals surface area contributed by atoms with Crippen molar-refractivity contribution in [2.45, 2.75) is 6.92 Å². The van der Waals surface area contributed by atoms with E-state index in [1.807, 2.05) is 48.7 Å². The van der Waals surface area contributed by atoms with E-state index in [0.29, 0.717) is 22.8 Å². The van der Waals surface area contributed by atoms with E-state index < -0.39 is 0 Å². The molecule has 2 aromatic carbocycles. The van der Waals surface area contributed by atoms with E-state index in [1.165, 1.54) is 16.8 Å². The number of amides is 1. The van der Waals surface area contributed by atoms with Gasteiger partial charge in [0.05, 0.1) is 10.6 Å². The van der Waals surface area contributed by atoms with Gasteiger partial charge < -0.3 is 5.32 Å². The molecule has 2 aromatic heterocycles. The number of hydrogen-bond donors (Lipinski definition) is 1. The highest BCUT2D eigenvalue weighted by Gasteiger charge is 2.18. The van der Waals surface area contributed by atoms with Crippen molar-refractivity contribution >= 4 is 22.9 Å². The molecule has 1 N–H and O–H groups in total. The highest BCUT2D eigenvalue weighted by molar-refractivity contribution is 7.13. The van der Waals surface area contributed by atoms with Crippen molar-refractivity contribution in [2.24, 2.45) is 0 Å². The fourth-order valence-corrected chi connectivity index (χ4v) is 3.38. The highest BCUT2D eigenvalue weighted by atomic mass is 32.1. The highest BCUT2D eigenvalue weighted by Crippen LogP contribution is 2.26. The summed E-state index contributed by atoms with van der Waals surface area (Å²) in [6.07, 6.45) is 0. The number of thiophene rings is 1. The first-order valence-electron chi connectivity index (χ1n) is 8.38. The molecular weight excluding hydrogens is 361 g/mol. The zero-order valence-corrected chi connectivity index (χ0v) is 15.3. The Hall–Kier alpha value is -3.25. The molecule has 2 heterocycles. The number of nitrogens with one attached hydrogen (secondary N) is 1. The first-order chi connectivity index (χ1) is 13.1. The molecule has 0 unspecified atom stereocenters. The molecule has 0 fully saturated rings. The largest absolute Gasteiger partial charge is 0.321 e. The molecule has 0 aliphatic carbocycles. The molecule has 134 valence electrons. The average Bonchev–Trinajstić information content (AvgIpc) is 3.33. The Morgan fingerprint density at radius 3 is 2.48 bits per heavy atom. The van der Waals surface area contributed by atoms with E-state index in [0.717, 1.165) is 10.4 Å². The van der Waals surface area contributed by atoms with Gasteiger partial charge in [0.25, 0.3) is 5.91 Å². The molecule has 4 rings (SSSR count). The third-order valence-corrected chi connectivity index (χ3v) is 4.99. The summed E-state index contributed by atoms with van der Waals surface area (Å²) >= 11 is 1.55. The quantitative estimate of drug-likeness (QED) is 0.524. The van der Waals surface area contributed by atoms with Crippen molar-refractivity contribution < 1.29 is 9.18 Å². The first kappa shape index (κ1) is 17.2. The van der Waals surface area contributed by atoms with Crippen molar-refractivity contribution in [3.8, 4) is 16.3 Å². The van der Waals surface area contributed by atoms with Crippen molar-refractivity contribution in [1.82, 2.24) is 9.78 Å². The monoisotopic (exact) mass is 377 g/mol. The van der Waals surface area contributed by atoms with Crippen molar-refractivity contribution in [3.63, 3.8) is 0 Å². The molecule has 27 heavy (non-hydrogen) atoms.